The van der Waals surface area contributed by atoms with Gasteiger partial charge in [0.1, 0.15) is 0 Å². The molecule has 2 aliphatic heterocycles. The summed E-state index contributed by atoms with van der Waals surface area (Å²) in [7, 11) is 0. The molecule has 2 nitrogen and oxygen atoms in total. The predicted octanol–water partition coefficient (Wildman–Crippen LogP) is 3.91. The van der Waals surface area contributed by atoms with Crippen molar-refractivity contribution in [3.8, 4) is 0 Å². The number of piperidine rings is 1. The topological polar surface area (TPSA) is 15.3 Å². The van der Waals surface area contributed by atoms with Crippen LogP contribution in [0.25, 0.3) is 0 Å². The van der Waals surface area contributed by atoms with Gasteiger partial charge >= 0.3 is 0 Å². The summed E-state index contributed by atoms with van der Waals surface area (Å²) in [6.07, 6.45) is 9.96. The molecular weight excluding hydrogens is 244 g/mol. The molecule has 2 aliphatic rings. The monoisotopic (exact) mass is 280 g/mol. The quantitative estimate of drug-likeness (QED) is 0.840. The van der Waals surface area contributed by atoms with Gasteiger partial charge in [-0.25, -0.2) is 0 Å². The normalized spacial score (nSPS) is 27.4. The molecular formula is C18H36N2. The Bertz CT molecular complexity index is 263. The van der Waals surface area contributed by atoms with Crippen LogP contribution in [0.1, 0.15) is 65.7 Å². The van der Waals surface area contributed by atoms with Crippen LogP contribution in [0.4, 0.5) is 0 Å². The highest BCUT2D eigenvalue weighted by atomic mass is 15.1. The molecule has 0 aromatic heterocycles. The van der Waals surface area contributed by atoms with Gasteiger partial charge in [-0.05, 0) is 94.9 Å². The van der Waals surface area contributed by atoms with Crippen molar-refractivity contribution in [3.63, 3.8) is 0 Å². The molecule has 1 atom stereocenters. The molecule has 2 heteroatoms. The van der Waals surface area contributed by atoms with Gasteiger partial charge in [0.2, 0.25) is 0 Å². The van der Waals surface area contributed by atoms with Gasteiger partial charge in [-0.15, -0.1) is 0 Å². The summed E-state index contributed by atoms with van der Waals surface area (Å²) in [5.74, 6) is 1.93. The average molecular weight is 280 g/mol. The van der Waals surface area contributed by atoms with Crippen molar-refractivity contribution in [2.24, 2.45) is 17.3 Å². The minimum atomic E-state index is 0.505. The first-order chi connectivity index (χ1) is 9.55. The summed E-state index contributed by atoms with van der Waals surface area (Å²) >= 11 is 0. The molecule has 118 valence electrons. The SMILES string of the molecule is CC(C)(C)C1CCCN(CCCC2CCNCC2)CC1. The van der Waals surface area contributed by atoms with E-state index in [9.17, 15) is 0 Å². The van der Waals surface area contributed by atoms with Gasteiger partial charge in [0, 0.05) is 0 Å². The van der Waals surface area contributed by atoms with E-state index in [1.807, 2.05) is 0 Å². The van der Waals surface area contributed by atoms with Gasteiger partial charge in [0.15, 0.2) is 0 Å². The van der Waals surface area contributed by atoms with Crippen LogP contribution in [0.5, 0.6) is 0 Å². The van der Waals surface area contributed by atoms with Gasteiger partial charge < -0.3 is 10.2 Å². The lowest BCUT2D eigenvalue weighted by molar-refractivity contribution is 0.205. The van der Waals surface area contributed by atoms with E-state index in [-0.39, 0.29) is 0 Å². The molecule has 0 spiro atoms. The van der Waals surface area contributed by atoms with E-state index in [1.165, 1.54) is 77.7 Å². The Kier molecular flexibility index (Phi) is 6.35. The van der Waals surface area contributed by atoms with Crippen LogP contribution in [0.2, 0.25) is 0 Å². The summed E-state index contributed by atoms with van der Waals surface area (Å²) in [5.41, 5.74) is 0.505. The molecule has 1 unspecified atom stereocenters. The summed E-state index contributed by atoms with van der Waals surface area (Å²) < 4.78 is 0. The van der Waals surface area contributed by atoms with E-state index in [0.717, 1.165) is 11.8 Å². The predicted molar refractivity (Wildman–Crippen MR) is 88.1 cm³/mol. The lowest BCUT2D eigenvalue weighted by atomic mass is 9.77. The maximum atomic E-state index is 3.47. The molecule has 2 fully saturated rings. The molecule has 0 aromatic rings. The third kappa shape index (κ3) is 5.37. The molecule has 0 aromatic carbocycles. The van der Waals surface area contributed by atoms with Crippen LogP contribution < -0.4 is 5.32 Å². The molecule has 2 heterocycles. The fraction of sp³-hybridized carbons (Fsp3) is 1.00. The number of rotatable bonds is 4. The molecule has 0 bridgehead atoms. The first-order valence-electron chi connectivity index (χ1n) is 8.99. The average Bonchev–Trinajstić information content (AvgIpc) is 2.65. The third-order valence-electron chi connectivity index (χ3n) is 5.59. The molecule has 0 amide bonds. The number of likely N-dealkylation sites (tertiary alicyclic amines) is 1. The van der Waals surface area contributed by atoms with Gasteiger partial charge in [0.05, 0.1) is 0 Å². The van der Waals surface area contributed by atoms with Crippen LogP contribution in [0, 0.1) is 17.3 Å². The molecule has 20 heavy (non-hydrogen) atoms. The van der Waals surface area contributed by atoms with Crippen LogP contribution in [-0.2, 0) is 0 Å². The Morgan fingerprint density at radius 2 is 1.75 bits per heavy atom. The van der Waals surface area contributed by atoms with E-state index in [0.29, 0.717) is 5.41 Å². The highest BCUT2D eigenvalue weighted by Gasteiger charge is 2.26. The number of nitrogens with one attached hydrogen (secondary N) is 1. The van der Waals surface area contributed by atoms with Gasteiger partial charge in [-0.2, -0.15) is 0 Å². The second-order valence-electron chi connectivity index (χ2n) is 8.17. The molecule has 1 N–H and O–H groups in total. The third-order valence-corrected chi connectivity index (χ3v) is 5.59. The molecule has 0 radical (unpaired) electrons. The zero-order valence-corrected chi connectivity index (χ0v) is 14.1. The lowest BCUT2D eigenvalue weighted by Gasteiger charge is -2.30. The van der Waals surface area contributed by atoms with Crippen molar-refractivity contribution < 1.29 is 0 Å². The largest absolute Gasteiger partial charge is 0.317 e. The van der Waals surface area contributed by atoms with E-state index >= 15 is 0 Å². The zero-order chi connectivity index (χ0) is 14.4. The van der Waals surface area contributed by atoms with E-state index in [4.69, 9.17) is 0 Å². The molecule has 2 rings (SSSR count). The fourth-order valence-electron chi connectivity index (χ4n) is 4.02. The highest BCUT2D eigenvalue weighted by Crippen LogP contribution is 2.34. The second-order valence-corrected chi connectivity index (χ2v) is 8.17. The van der Waals surface area contributed by atoms with Gasteiger partial charge in [-0.1, -0.05) is 20.8 Å². The Morgan fingerprint density at radius 1 is 1.00 bits per heavy atom. The minimum Gasteiger partial charge on any atom is -0.317 e. The van der Waals surface area contributed by atoms with Crippen molar-refractivity contribution in [2.45, 2.75) is 65.7 Å². The summed E-state index contributed by atoms with van der Waals surface area (Å²) in [6.45, 7) is 13.8. The van der Waals surface area contributed by atoms with Crippen molar-refractivity contribution in [1.29, 1.82) is 0 Å². The van der Waals surface area contributed by atoms with Crippen molar-refractivity contribution >= 4 is 0 Å². The van der Waals surface area contributed by atoms with Crippen molar-refractivity contribution in [2.75, 3.05) is 32.7 Å². The van der Waals surface area contributed by atoms with Gasteiger partial charge in [0.25, 0.3) is 0 Å². The number of nitrogens with zero attached hydrogens (tertiary/aromatic N) is 1. The smallest absolute Gasteiger partial charge is 0.00159 e. The molecule has 2 saturated heterocycles. The van der Waals surface area contributed by atoms with Gasteiger partial charge in [-0.3, -0.25) is 0 Å². The Labute approximate surface area is 126 Å². The van der Waals surface area contributed by atoms with E-state index < -0.39 is 0 Å². The fourth-order valence-corrected chi connectivity index (χ4v) is 4.02. The minimum absolute atomic E-state index is 0.505. The Hall–Kier alpha value is -0.0800. The van der Waals surface area contributed by atoms with Crippen molar-refractivity contribution in [1.82, 2.24) is 10.2 Å². The first-order valence-corrected chi connectivity index (χ1v) is 8.99. The standard InChI is InChI=1S/C18H36N2/c1-18(2,3)17-7-5-14-20(15-10-17)13-4-6-16-8-11-19-12-9-16/h16-17,19H,4-15H2,1-3H3. The van der Waals surface area contributed by atoms with E-state index in [2.05, 4.69) is 31.0 Å². The summed E-state index contributed by atoms with van der Waals surface area (Å²) in [4.78, 5) is 2.74. The van der Waals surface area contributed by atoms with Crippen LogP contribution >= 0.6 is 0 Å². The van der Waals surface area contributed by atoms with Crippen LogP contribution in [0.3, 0.4) is 0 Å². The zero-order valence-electron chi connectivity index (χ0n) is 14.1. The second kappa shape index (κ2) is 7.79. The summed E-state index contributed by atoms with van der Waals surface area (Å²) in [5, 5.41) is 3.47. The first kappa shape index (κ1) is 16.3. The highest BCUT2D eigenvalue weighted by molar-refractivity contribution is 4.79. The number of hydrogen-bond donors (Lipinski definition) is 1. The van der Waals surface area contributed by atoms with E-state index in [1.54, 1.807) is 0 Å². The number of hydrogen-bond acceptors (Lipinski definition) is 2. The Morgan fingerprint density at radius 3 is 2.45 bits per heavy atom. The maximum absolute atomic E-state index is 3.47. The molecule has 0 saturated carbocycles. The van der Waals surface area contributed by atoms with Crippen LogP contribution in [0.15, 0.2) is 0 Å². The summed E-state index contributed by atoms with van der Waals surface area (Å²) in [6, 6.07) is 0. The Balaban J connectivity index is 1.64. The maximum Gasteiger partial charge on any atom is -0.00159 e. The van der Waals surface area contributed by atoms with Crippen molar-refractivity contribution in [3.05, 3.63) is 0 Å². The lowest BCUT2D eigenvalue weighted by Crippen LogP contribution is -2.30. The van der Waals surface area contributed by atoms with Crippen LogP contribution in [-0.4, -0.2) is 37.6 Å². The molecule has 0 aliphatic carbocycles.